The van der Waals surface area contributed by atoms with Crippen LogP contribution in [0, 0.1) is 0 Å². The zero-order valence-electron chi connectivity index (χ0n) is 12.5. The number of anilines is 1. The number of aliphatic hydroxyl groups is 1. The van der Waals surface area contributed by atoms with E-state index in [0.717, 1.165) is 0 Å². The summed E-state index contributed by atoms with van der Waals surface area (Å²) in [7, 11) is -1.94. The summed E-state index contributed by atoms with van der Waals surface area (Å²) in [5.74, 6) is -2.38. The number of hydrogen-bond acceptors (Lipinski definition) is 9. The van der Waals surface area contributed by atoms with Crippen molar-refractivity contribution in [2.45, 2.75) is 23.8 Å². The third-order valence-electron chi connectivity index (χ3n) is 4.22. The Morgan fingerprint density at radius 1 is 1.58 bits per heavy atom. The Balaban J connectivity index is 1.74. The molecule has 0 radical (unpaired) electrons. The Bertz CT molecular complexity index is 835. The van der Waals surface area contributed by atoms with E-state index in [1.54, 1.807) is 0 Å². The van der Waals surface area contributed by atoms with Crippen LogP contribution in [0.4, 0.5) is 10.2 Å². The van der Waals surface area contributed by atoms with Gasteiger partial charge in [-0.25, -0.2) is 19.3 Å². The van der Waals surface area contributed by atoms with E-state index in [9.17, 15) is 9.67 Å². The van der Waals surface area contributed by atoms with Gasteiger partial charge in [0.1, 0.15) is 18.5 Å². The van der Waals surface area contributed by atoms with Gasteiger partial charge in [0.25, 0.3) is 5.85 Å². The lowest BCUT2D eigenvalue weighted by atomic mass is 9.99. The highest BCUT2D eigenvalue weighted by molar-refractivity contribution is 7.38. The van der Waals surface area contributed by atoms with Gasteiger partial charge in [-0.05, 0) is 4.57 Å². The standard InChI is InChI=1S/C12H14FN5O5P/c1-24(20)22-3-11-2-21-12(13,9(11)19)10(23-11)18-5-17-6-7(14)15-4-16-8(6)18/h4-5,9-10,19H,2-3H2,1H3,(H2,14,15,16)/q+1/t9-,10-,11-,12-/m1/s1. The molecule has 128 valence electrons. The maximum Gasteiger partial charge on any atom is 0.504 e. The average Bonchev–Trinajstić information content (AvgIpc) is 3.14. The molecule has 2 aromatic heterocycles. The second-order valence-electron chi connectivity index (χ2n) is 5.72. The number of aliphatic hydroxyl groups excluding tert-OH is 1. The van der Waals surface area contributed by atoms with Crippen LogP contribution in [0.25, 0.3) is 11.2 Å². The highest BCUT2D eigenvalue weighted by Crippen LogP contribution is 2.54. The van der Waals surface area contributed by atoms with Gasteiger partial charge in [-0.2, -0.15) is 0 Å². The SMILES string of the molecule is C[P+](=O)OC[C@]12CO[C@](F)([C@@H]1O)[C@H](n1cnc3c(N)ncnc31)O2. The van der Waals surface area contributed by atoms with Crippen LogP contribution in [-0.2, 0) is 18.6 Å². The Morgan fingerprint density at radius 2 is 2.38 bits per heavy atom. The fourth-order valence-electron chi connectivity index (χ4n) is 3.00. The summed E-state index contributed by atoms with van der Waals surface area (Å²) in [6.45, 7) is 0.853. The van der Waals surface area contributed by atoms with Gasteiger partial charge in [0.15, 0.2) is 36.1 Å². The third-order valence-corrected chi connectivity index (χ3v) is 4.72. The van der Waals surface area contributed by atoms with E-state index in [1.807, 2.05) is 0 Å². The average molecular weight is 358 g/mol. The highest BCUT2D eigenvalue weighted by atomic mass is 31.1. The molecule has 0 aromatic carbocycles. The quantitative estimate of drug-likeness (QED) is 0.731. The number of imidazole rings is 1. The molecule has 0 aliphatic carbocycles. The normalized spacial score (nSPS) is 35.7. The van der Waals surface area contributed by atoms with Crippen molar-refractivity contribution in [2.75, 3.05) is 25.6 Å². The summed E-state index contributed by atoms with van der Waals surface area (Å²) in [6.07, 6.45) is -0.473. The van der Waals surface area contributed by atoms with E-state index in [2.05, 4.69) is 15.0 Å². The first-order valence-electron chi connectivity index (χ1n) is 7.03. The molecule has 2 aromatic rings. The molecule has 2 aliphatic rings. The van der Waals surface area contributed by atoms with Gasteiger partial charge in [-0.3, -0.25) is 4.57 Å². The van der Waals surface area contributed by atoms with Crippen LogP contribution in [0.15, 0.2) is 12.7 Å². The van der Waals surface area contributed by atoms with Crippen molar-refractivity contribution in [2.24, 2.45) is 0 Å². The van der Waals surface area contributed by atoms with Crippen molar-refractivity contribution in [3.8, 4) is 0 Å². The van der Waals surface area contributed by atoms with Gasteiger partial charge in [-0.1, -0.05) is 0 Å². The largest absolute Gasteiger partial charge is 0.504 e. The maximum atomic E-state index is 15.3. The number of rotatable bonds is 4. The molecule has 2 bridgehead atoms. The third kappa shape index (κ3) is 1.99. The molecule has 2 fully saturated rings. The lowest BCUT2D eigenvalue weighted by molar-refractivity contribution is -0.259. The van der Waals surface area contributed by atoms with Crippen molar-refractivity contribution < 1.29 is 28.1 Å². The molecule has 0 spiro atoms. The van der Waals surface area contributed by atoms with Gasteiger partial charge >= 0.3 is 8.03 Å². The van der Waals surface area contributed by atoms with E-state index < -0.39 is 31.8 Å². The Morgan fingerprint density at radius 3 is 3.12 bits per heavy atom. The predicted molar refractivity (Wildman–Crippen MR) is 77.9 cm³/mol. The number of nitrogens with zero attached hydrogens (tertiary/aromatic N) is 4. The topological polar surface area (TPSA) is 135 Å². The minimum absolute atomic E-state index is 0.136. The highest BCUT2D eigenvalue weighted by Gasteiger charge is 2.73. The summed E-state index contributed by atoms with van der Waals surface area (Å²) < 4.78 is 43.7. The number of hydrogen-bond donors (Lipinski definition) is 2. The van der Waals surface area contributed by atoms with Gasteiger partial charge in [0.2, 0.25) is 0 Å². The van der Waals surface area contributed by atoms with Crippen LogP contribution in [0.5, 0.6) is 0 Å². The van der Waals surface area contributed by atoms with Crippen molar-refractivity contribution in [3.63, 3.8) is 0 Å². The molecule has 4 rings (SSSR count). The molecule has 0 saturated carbocycles. The molecule has 4 heterocycles. The van der Waals surface area contributed by atoms with Crippen LogP contribution in [0.1, 0.15) is 6.23 Å². The molecule has 5 atom stereocenters. The van der Waals surface area contributed by atoms with E-state index in [4.69, 9.17) is 19.7 Å². The van der Waals surface area contributed by atoms with Crippen molar-refractivity contribution in [1.82, 2.24) is 19.5 Å². The van der Waals surface area contributed by atoms with E-state index >= 15 is 4.39 Å². The van der Waals surface area contributed by atoms with Crippen LogP contribution in [-0.4, -0.2) is 62.1 Å². The Hall–Kier alpha value is -1.78. The first-order valence-corrected chi connectivity index (χ1v) is 8.65. The minimum Gasteiger partial charge on any atom is -0.384 e. The zero-order valence-corrected chi connectivity index (χ0v) is 13.4. The first-order chi connectivity index (χ1) is 11.4. The molecule has 0 amide bonds. The van der Waals surface area contributed by atoms with E-state index in [-0.39, 0.29) is 30.2 Å². The van der Waals surface area contributed by atoms with E-state index in [1.165, 1.54) is 23.9 Å². The molecule has 1 unspecified atom stereocenters. The van der Waals surface area contributed by atoms with Gasteiger partial charge in [0, 0.05) is 0 Å². The lowest BCUT2D eigenvalue weighted by Gasteiger charge is -2.30. The maximum absolute atomic E-state index is 15.3. The smallest absolute Gasteiger partial charge is 0.384 e. The summed E-state index contributed by atoms with van der Waals surface area (Å²) in [4.78, 5) is 11.9. The Kier molecular flexibility index (Phi) is 3.35. The van der Waals surface area contributed by atoms with Crippen molar-refractivity contribution >= 4 is 25.0 Å². The number of ether oxygens (including phenoxy) is 2. The predicted octanol–water partition coefficient (Wildman–Crippen LogP) is 0.122. The van der Waals surface area contributed by atoms with Gasteiger partial charge in [-0.15, -0.1) is 4.52 Å². The minimum atomic E-state index is -2.52. The summed E-state index contributed by atoms with van der Waals surface area (Å²) >= 11 is 0. The number of aromatic nitrogens is 4. The number of nitrogen functional groups attached to an aromatic ring is 1. The fourth-order valence-corrected chi connectivity index (χ4v) is 3.40. The zero-order chi connectivity index (χ0) is 17.1. The van der Waals surface area contributed by atoms with Crippen LogP contribution in [0.3, 0.4) is 0 Å². The second kappa shape index (κ2) is 5.11. The number of alkyl halides is 1. The summed E-state index contributed by atoms with van der Waals surface area (Å²) in [5, 5.41) is 10.4. The number of halogens is 1. The van der Waals surface area contributed by atoms with Crippen LogP contribution < -0.4 is 5.73 Å². The fraction of sp³-hybridized carbons (Fsp3) is 0.583. The molecule has 12 heteroatoms. The molecular weight excluding hydrogens is 344 g/mol. The number of fused-ring (bicyclic) bond motifs is 3. The second-order valence-corrected chi connectivity index (χ2v) is 6.86. The monoisotopic (exact) mass is 358 g/mol. The van der Waals surface area contributed by atoms with Gasteiger partial charge < -0.3 is 20.3 Å². The number of nitrogens with two attached hydrogens (primary N) is 1. The van der Waals surface area contributed by atoms with Crippen molar-refractivity contribution in [1.29, 1.82) is 0 Å². The van der Waals surface area contributed by atoms with Crippen LogP contribution in [0.2, 0.25) is 0 Å². The molecule has 24 heavy (non-hydrogen) atoms. The molecule has 3 N–H and O–H groups in total. The molecule has 2 saturated heterocycles. The first kappa shape index (κ1) is 15.7. The van der Waals surface area contributed by atoms with E-state index in [0.29, 0.717) is 0 Å². The molecule has 2 aliphatic heterocycles. The molecule has 10 nitrogen and oxygen atoms in total. The van der Waals surface area contributed by atoms with Gasteiger partial charge in [0.05, 0.1) is 12.9 Å². The summed E-state index contributed by atoms with van der Waals surface area (Å²) in [6, 6.07) is 0. The van der Waals surface area contributed by atoms with Crippen LogP contribution >= 0.6 is 8.03 Å². The lowest BCUT2D eigenvalue weighted by Crippen LogP contribution is -2.45. The van der Waals surface area contributed by atoms with Crippen molar-refractivity contribution in [3.05, 3.63) is 12.7 Å². The summed E-state index contributed by atoms with van der Waals surface area (Å²) in [5.41, 5.74) is 4.78. The Labute approximate surface area is 135 Å². The molecular formula is C12H14FN5O5P+.